The molecule has 4 rings (SSSR count). The maximum Gasteiger partial charge on any atom is 0.330 e. The number of nitrogens with one attached hydrogen (secondary N) is 1. The number of benzene rings is 1. The van der Waals surface area contributed by atoms with E-state index in [-0.39, 0.29) is 18.2 Å². The summed E-state index contributed by atoms with van der Waals surface area (Å²) in [5.41, 5.74) is 3.21. The molecule has 7 heteroatoms. The molecule has 3 aliphatic rings. The lowest BCUT2D eigenvalue weighted by atomic mass is 9.94. The first-order valence-electron chi connectivity index (χ1n) is 10.0. The van der Waals surface area contributed by atoms with E-state index < -0.39 is 0 Å². The summed E-state index contributed by atoms with van der Waals surface area (Å²) in [4.78, 5) is 23.6. The molecule has 0 atom stereocenters. The molecule has 0 radical (unpaired) electrons. The Kier molecular flexibility index (Phi) is 5.02. The lowest BCUT2D eigenvalue weighted by molar-refractivity contribution is 0.123. The maximum absolute atomic E-state index is 13.0. The predicted molar refractivity (Wildman–Crippen MR) is 110 cm³/mol. The molecule has 150 valence electrons. The average molecular weight is 383 g/mol. The van der Waals surface area contributed by atoms with Gasteiger partial charge < -0.3 is 15.3 Å². The number of aliphatic hydroxyl groups excluding tert-OH is 1. The van der Waals surface area contributed by atoms with Crippen LogP contribution in [0, 0.1) is 6.92 Å². The predicted octanol–water partition coefficient (Wildman–Crippen LogP) is 2.27. The Balaban J connectivity index is 1.57. The molecule has 0 unspecified atom stereocenters. The third-order valence-electron chi connectivity index (χ3n) is 5.93. The molecule has 0 aromatic heterocycles. The average Bonchev–Trinajstić information content (AvgIpc) is 2.68. The Morgan fingerprint density at radius 2 is 1.82 bits per heavy atom. The Morgan fingerprint density at radius 3 is 2.54 bits per heavy atom. The summed E-state index contributed by atoms with van der Waals surface area (Å²) in [5, 5.41) is 13.1. The van der Waals surface area contributed by atoms with Crippen molar-refractivity contribution in [2.75, 3.05) is 32.1 Å². The van der Waals surface area contributed by atoms with Gasteiger partial charge in [-0.2, -0.15) is 0 Å². The number of guanidine groups is 1. The first-order valence-corrected chi connectivity index (χ1v) is 10.0. The Labute approximate surface area is 166 Å². The molecule has 1 saturated carbocycles. The zero-order valence-corrected chi connectivity index (χ0v) is 16.9. The summed E-state index contributed by atoms with van der Waals surface area (Å²) in [5.74, 6) is 1.66. The molecule has 28 heavy (non-hydrogen) atoms. The van der Waals surface area contributed by atoms with Crippen molar-refractivity contribution in [3.05, 3.63) is 41.2 Å². The highest BCUT2D eigenvalue weighted by atomic mass is 16.3. The number of hydrogen-bond acceptors (Lipinski definition) is 3. The van der Waals surface area contributed by atoms with Gasteiger partial charge in [0.05, 0.1) is 18.7 Å². The van der Waals surface area contributed by atoms with E-state index in [1.54, 1.807) is 4.90 Å². The van der Waals surface area contributed by atoms with Gasteiger partial charge in [-0.05, 0) is 44.2 Å². The van der Waals surface area contributed by atoms with E-state index in [9.17, 15) is 9.90 Å². The van der Waals surface area contributed by atoms with Crippen LogP contribution in [-0.2, 0) is 0 Å². The molecule has 1 fully saturated rings. The van der Waals surface area contributed by atoms with Crippen LogP contribution in [0.5, 0.6) is 0 Å². The Hall–Kier alpha value is -2.54. The van der Waals surface area contributed by atoms with Gasteiger partial charge in [-0.3, -0.25) is 9.80 Å². The van der Waals surface area contributed by atoms with Crippen LogP contribution in [0.4, 0.5) is 10.5 Å². The minimum absolute atomic E-state index is 0.0368. The first kappa shape index (κ1) is 18.8. The number of carbonyl (C=O) groups excluding carboxylic acids is 1. The van der Waals surface area contributed by atoms with Crippen LogP contribution < -0.4 is 10.2 Å². The van der Waals surface area contributed by atoms with Gasteiger partial charge >= 0.3 is 6.03 Å². The van der Waals surface area contributed by atoms with Crippen molar-refractivity contribution in [3.8, 4) is 0 Å². The quantitative estimate of drug-likeness (QED) is 0.822. The fraction of sp³-hybridized carbons (Fsp3) is 0.524. The second-order valence-corrected chi connectivity index (χ2v) is 8.06. The molecule has 2 aliphatic heterocycles. The molecule has 0 bridgehead atoms. The summed E-state index contributed by atoms with van der Waals surface area (Å²) in [6.45, 7) is 3.34. The van der Waals surface area contributed by atoms with Gasteiger partial charge in [0.1, 0.15) is 5.82 Å². The van der Waals surface area contributed by atoms with Crippen molar-refractivity contribution in [2.45, 2.75) is 44.8 Å². The van der Waals surface area contributed by atoms with Crippen LogP contribution in [0.15, 0.2) is 40.7 Å². The van der Waals surface area contributed by atoms with Crippen molar-refractivity contribution in [1.29, 1.82) is 0 Å². The number of aliphatic imine (C=N–C) groups is 1. The third kappa shape index (κ3) is 3.46. The van der Waals surface area contributed by atoms with E-state index in [0.717, 1.165) is 55.3 Å². The van der Waals surface area contributed by atoms with Gasteiger partial charge in [0.15, 0.2) is 5.96 Å². The van der Waals surface area contributed by atoms with Crippen molar-refractivity contribution >= 4 is 17.7 Å². The van der Waals surface area contributed by atoms with Crippen LogP contribution >= 0.6 is 0 Å². The van der Waals surface area contributed by atoms with E-state index in [1.807, 2.05) is 50.2 Å². The number of rotatable bonds is 2. The van der Waals surface area contributed by atoms with E-state index in [4.69, 9.17) is 4.99 Å². The van der Waals surface area contributed by atoms with E-state index in [1.165, 1.54) is 5.57 Å². The number of urea groups is 1. The molecular formula is C21H29N5O2. The lowest BCUT2D eigenvalue weighted by Gasteiger charge is -2.42. The minimum atomic E-state index is -0.183. The highest BCUT2D eigenvalue weighted by molar-refractivity contribution is 5.97. The van der Waals surface area contributed by atoms with Crippen molar-refractivity contribution in [2.24, 2.45) is 4.99 Å². The van der Waals surface area contributed by atoms with Gasteiger partial charge in [-0.1, -0.05) is 18.2 Å². The molecule has 1 aromatic rings. The summed E-state index contributed by atoms with van der Waals surface area (Å²) in [6.07, 6.45) is 3.24. The monoisotopic (exact) mass is 383 g/mol. The lowest BCUT2D eigenvalue weighted by Crippen LogP contribution is -2.57. The molecule has 0 spiro atoms. The van der Waals surface area contributed by atoms with Gasteiger partial charge in [-0.15, -0.1) is 0 Å². The summed E-state index contributed by atoms with van der Waals surface area (Å²) in [7, 11) is 3.84. The molecule has 1 aliphatic carbocycles. The van der Waals surface area contributed by atoms with Crippen LogP contribution in [-0.4, -0.2) is 66.2 Å². The SMILES string of the molecule is Cc1ccccc1N1CC2=C(NC(=NC3CCC(O)CC3)N(C)C2)N(C)C1=O. The Morgan fingerprint density at radius 1 is 1.11 bits per heavy atom. The second kappa shape index (κ2) is 7.47. The molecular weight excluding hydrogens is 354 g/mol. The number of nitrogens with zero attached hydrogens (tertiary/aromatic N) is 4. The van der Waals surface area contributed by atoms with Gasteiger partial charge in [-0.25, -0.2) is 9.79 Å². The fourth-order valence-corrected chi connectivity index (χ4v) is 4.25. The van der Waals surface area contributed by atoms with Gasteiger partial charge in [0.25, 0.3) is 0 Å². The molecule has 0 saturated heterocycles. The first-order chi connectivity index (χ1) is 13.4. The molecule has 2 N–H and O–H groups in total. The van der Waals surface area contributed by atoms with E-state index in [2.05, 4.69) is 10.2 Å². The van der Waals surface area contributed by atoms with Crippen molar-refractivity contribution < 1.29 is 9.90 Å². The standard InChI is InChI=1S/C21H29N5O2/c1-14-6-4-5-7-18(14)26-13-15-12-24(2)20(23-19(15)25(3)21(26)28)22-16-8-10-17(27)11-9-16/h4-7,16-17,27H,8-13H2,1-3H3,(H,22,23). The summed E-state index contributed by atoms with van der Waals surface area (Å²) in [6, 6.07) is 8.18. The number of para-hydroxylation sites is 1. The fourth-order valence-electron chi connectivity index (χ4n) is 4.25. The number of likely N-dealkylation sites (N-methyl/N-ethyl adjacent to an activating group) is 1. The van der Waals surface area contributed by atoms with E-state index in [0.29, 0.717) is 6.54 Å². The molecule has 2 heterocycles. The number of carbonyl (C=O) groups is 1. The second-order valence-electron chi connectivity index (χ2n) is 8.06. The number of aliphatic hydroxyl groups is 1. The highest BCUT2D eigenvalue weighted by Crippen LogP contribution is 2.29. The molecule has 1 aromatic carbocycles. The molecule has 7 nitrogen and oxygen atoms in total. The topological polar surface area (TPSA) is 71.4 Å². The maximum atomic E-state index is 13.0. The number of amides is 2. The smallest absolute Gasteiger partial charge is 0.330 e. The number of anilines is 1. The Bertz CT molecular complexity index is 826. The molecule has 2 amide bonds. The van der Waals surface area contributed by atoms with Crippen LogP contribution in [0.1, 0.15) is 31.2 Å². The number of aryl methyl sites for hydroxylation is 1. The number of hydrogen-bond donors (Lipinski definition) is 2. The summed E-state index contributed by atoms with van der Waals surface area (Å²) < 4.78 is 0. The van der Waals surface area contributed by atoms with Crippen LogP contribution in [0.2, 0.25) is 0 Å². The van der Waals surface area contributed by atoms with Crippen LogP contribution in [0.3, 0.4) is 0 Å². The summed E-state index contributed by atoms with van der Waals surface area (Å²) >= 11 is 0. The van der Waals surface area contributed by atoms with Gasteiger partial charge in [0.2, 0.25) is 0 Å². The largest absolute Gasteiger partial charge is 0.393 e. The normalized spacial score (nSPS) is 27.2. The zero-order valence-electron chi connectivity index (χ0n) is 16.9. The van der Waals surface area contributed by atoms with E-state index >= 15 is 0 Å². The van der Waals surface area contributed by atoms with Crippen molar-refractivity contribution in [3.63, 3.8) is 0 Å². The minimum Gasteiger partial charge on any atom is -0.393 e. The zero-order chi connectivity index (χ0) is 19.8. The van der Waals surface area contributed by atoms with Gasteiger partial charge in [0, 0.05) is 31.9 Å². The highest BCUT2D eigenvalue weighted by Gasteiger charge is 2.35. The van der Waals surface area contributed by atoms with Crippen LogP contribution in [0.25, 0.3) is 0 Å². The van der Waals surface area contributed by atoms with Crippen molar-refractivity contribution in [1.82, 2.24) is 15.1 Å². The third-order valence-corrected chi connectivity index (χ3v) is 5.93.